The predicted molar refractivity (Wildman–Crippen MR) is 201 cm³/mol. The molecule has 13 heteroatoms. The Morgan fingerprint density at radius 2 is 1.81 bits per heavy atom. The van der Waals surface area contributed by atoms with Gasteiger partial charge in [0.15, 0.2) is 17.5 Å². The van der Waals surface area contributed by atoms with Gasteiger partial charge in [0.05, 0.1) is 45.6 Å². The van der Waals surface area contributed by atoms with Crippen LogP contribution >= 0.6 is 0 Å². The van der Waals surface area contributed by atoms with Gasteiger partial charge in [0.25, 0.3) is 5.91 Å². The smallest absolute Gasteiger partial charge is 0.252 e. The zero-order valence-corrected chi connectivity index (χ0v) is 31.7. The van der Waals surface area contributed by atoms with Gasteiger partial charge in [-0.2, -0.15) is 0 Å². The molecule has 1 saturated heterocycles. The highest BCUT2D eigenvalue weighted by Crippen LogP contribution is 2.53. The number of anilines is 3. The molecule has 4 fully saturated rings. The van der Waals surface area contributed by atoms with Gasteiger partial charge in [-0.25, -0.2) is 23.1 Å². The molecule has 9 rings (SSSR count). The minimum Gasteiger partial charge on any atom is -0.344 e. The summed E-state index contributed by atoms with van der Waals surface area (Å²) >= 11 is 0. The van der Waals surface area contributed by atoms with Crippen molar-refractivity contribution in [1.82, 2.24) is 29.7 Å². The average Bonchev–Trinajstić information content (AvgIpc) is 4.04. The summed E-state index contributed by atoms with van der Waals surface area (Å²) in [5, 5.41) is 5.66. The van der Waals surface area contributed by atoms with E-state index in [2.05, 4.69) is 27.4 Å². The van der Waals surface area contributed by atoms with Gasteiger partial charge in [-0.05, 0) is 117 Å². The number of likely N-dealkylation sites (tertiary alicyclic amines) is 1. The van der Waals surface area contributed by atoms with Crippen LogP contribution in [0.5, 0.6) is 0 Å². The number of imidazole rings is 1. The van der Waals surface area contributed by atoms with Crippen LogP contribution in [-0.4, -0.2) is 73.1 Å². The molecule has 2 atom stereocenters. The molecule has 2 aliphatic heterocycles. The van der Waals surface area contributed by atoms with Crippen molar-refractivity contribution in [2.75, 3.05) is 30.0 Å². The van der Waals surface area contributed by atoms with Crippen LogP contribution in [0.4, 0.5) is 30.4 Å². The molecule has 2 unspecified atom stereocenters. The molecule has 2 N–H and O–H groups in total. The molecule has 0 bridgehead atoms. The fourth-order valence-electron chi connectivity index (χ4n) is 9.21. The number of pyridine rings is 2. The normalized spacial score (nSPS) is 26.4. The lowest BCUT2D eigenvalue weighted by molar-refractivity contribution is -0.124. The zero-order chi connectivity index (χ0) is 38.1. The Balaban J connectivity index is 1.08. The molecule has 0 radical (unpaired) electrons. The Hall–Kier alpha value is -4.52. The minimum atomic E-state index is -1.18. The van der Waals surface area contributed by atoms with Crippen LogP contribution in [0.15, 0.2) is 30.7 Å². The lowest BCUT2D eigenvalue weighted by Crippen LogP contribution is -2.64. The molecule has 3 saturated carbocycles. The largest absolute Gasteiger partial charge is 0.344 e. The van der Waals surface area contributed by atoms with Crippen molar-refractivity contribution < 1.29 is 22.8 Å². The number of aromatic nitrogens is 4. The molecule has 5 heterocycles. The number of nitrogens with zero attached hydrogens (tertiary/aromatic N) is 6. The van der Waals surface area contributed by atoms with E-state index in [4.69, 9.17) is 9.97 Å². The number of nitrogens with one attached hydrogen (secondary N) is 2. The first-order valence-electron chi connectivity index (χ1n) is 19.2. The number of piperidine rings is 1. The van der Waals surface area contributed by atoms with E-state index < -0.39 is 35.2 Å². The summed E-state index contributed by atoms with van der Waals surface area (Å²) < 4.78 is 46.7. The summed E-state index contributed by atoms with van der Waals surface area (Å²) in [4.78, 5) is 46.4. The molecular weight excluding hydrogens is 693 g/mol. The van der Waals surface area contributed by atoms with Gasteiger partial charge in [0, 0.05) is 47.1 Å². The summed E-state index contributed by atoms with van der Waals surface area (Å²) in [5.41, 5.74) is 1.47. The van der Waals surface area contributed by atoms with Gasteiger partial charge < -0.3 is 20.1 Å². The number of carbonyl (C=O) groups excluding carboxylic acids is 2. The first-order valence-corrected chi connectivity index (χ1v) is 19.2. The van der Waals surface area contributed by atoms with Crippen LogP contribution in [0.1, 0.15) is 101 Å². The molecule has 1 aromatic carbocycles. The average molecular weight is 741 g/mol. The standard InChI is InChI=1S/C41H47F3N8O2/c1-21(2)51-20-46-30-14-28(47-36(34(30)51)48-29-13-27(22(3)32(43)33(29)44)37(53)49-41(19-42)8-9-41)24-12-31-35(45-17-24)39(4,5)38(54)52(31)26-15-40(6,16-26)50-10-7-23-11-25(23)18-50/h12-14,17,20-21,23,25-26H,7-11,15-16,18-19H2,1-6H3,(H,47,48)(H,49,53)/t23?,25?,26-,40+. The number of carbonyl (C=O) groups is 2. The third-order valence-corrected chi connectivity index (χ3v) is 13.1. The van der Waals surface area contributed by atoms with Gasteiger partial charge in [-0.15, -0.1) is 0 Å². The van der Waals surface area contributed by atoms with E-state index >= 15 is 8.78 Å². The van der Waals surface area contributed by atoms with Gasteiger partial charge in [-0.3, -0.25) is 19.5 Å². The number of amides is 2. The highest BCUT2D eigenvalue weighted by atomic mass is 19.2. The lowest BCUT2D eigenvalue weighted by atomic mass is 9.71. The summed E-state index contributed by atoms with van der Waals surface area (Å²) in [7, 11) is 0. The highest BCUT2D eigenvalue weighted by Gasteiger charge is 2.56. The van der Waals surface area contributed by atoms with Crippen molar-refractivity contribution in [2.45, 2.75) is 109 Å². The van der Waals surface area contributed by atoms with E-state index in [0.29, 0.717) is 35.1 Å². The van der Waals surface area contributed by atoms with E-state index in [1.807, 2.05) is 49.3 Å². The first-order chi connectivity index (χ1) is 25.6. The third-order valence-electron chi connectivity index (χ3n) is 13.1. The van der Waals surface area contributed by atoms with Gasteiger partial charge >= 0.3 is 0 Å². The number of alkyl halides is 1. The van der Waals surface area contributed by atoms with E-state index in [9.17, 15) is 14.0 Å². The summed E-state index contributed by atoms with van der Waals surface area (Å²) in [6.45, 7) is 13.0. The molecule has 3 aliphatic carbocycles. The number of hydrogen-bond donors (Lipinski definition) is 2. The molecule has 0 spiro atoms. The molecule has 4 aromatic rings. The van der Waals surface area contributed by atoms with Crippen LogP contribution in [0.2, 0.25) is 0 Å². The van der Waals surface area contributed by atoms with E-state index in [-0.39, 0.29) is 46.2 Å². The molecule has 284 valence electrons. The second-order valence-electron chi connectivity index (χ2n) is 17.6. The van der Waals surface area contributed by atoms with Crippen LogP contribution in [0.25, 0.3) is 22.3 Å². The topological polar surface area (TPSA) is 108 Å². The fourth-order valence-corrected chi connectivity index (χ4v) is 9.21. The summed E-state index contributed by atoms with van der Waals surface area (Å²) in [6.07, 6.45) is 8.75. The van der Waals surface area contributed by atoms with Gasteiger partial charge in [-0.1, -0.05) is 0 Å². The van der Waals surface area contributed by atoms with Crippen molar-refractivity contribution in [3.63, 3.8) is 0 Å². The number of fused-ring (bicyclic) bond motifs is 3. The van der Waals surface area contributed by atoms with Crippen molar-refractivity contribution in [3.8, 4) is 11.3 Å². The van der Waals surface area contributed by atoms with Crippen molar-refractivity contribution in [2.24, 2.45) is 11.8 Å². The third kappa shape index (κ3) is 5.43. The van der Waals surface area contributed by atoms with Gasteiger partial charge in [0.1, 0.15) is 12.2 Å². The quantitative estimate of drug-likeness (QED) is 0.183. The fraction of sp³-hybridized carbons (Fsp3) is 0.537. The molecule has 5 aliphatic rings. The van der Waals surface area contributed by atoms with Crippen molar-refractivity contribution >= 4 is 40.0 Å². The second-order valence-corrected chi connectivity index (χ2v) is 17.6. The maximum Gasteiger partial charge on any atom is 0.252 e. The van der Waals surface area contributed by atoms with E-state index in [1.165, 1.54) is 25.8 Å². The minimum absolute atomic E-state index is 0.0346. The SMILES string of the molecule is Cc1c(C(=O)NC2(CF)CC2)cc(Nc2nc(-c3cnc4c(c3)N([C@H]3C[C@@](C)(N5CCC6CC6C5)C3)C(=O)C4(C)C)cc3ncn(C(C)C)c23)c(F)c1F. The maximum absolute atomic E-state index is 15.7. The van der Waals surface area contributed by atoms with Crippen LogP contribution in [0.3, 0.4) is 0 Å². The van der Waals surface area contributed by atoms with Crippen molar-refractivity contribution in [3.05, 3.63) is 59.2 Å². The highest BCUT2D eigenvalue weighted by molar-refractivity contribution is 6.08. The molecule has 2 amide bonds. The van der Waals surface area contributed by atoms with Gasteiger partial charge in [0.2, 0.25) is 5.91 Å². The monoisotopic (exact) mass is 740 g/mol. The number of benzene rings is 1. The number of rotatable bonds is 9. The first kappa shape index (κ1) is 35.2. The Labute approximate surface area is 312 Å². The van der Waals surface area contributed by atoms with E-state index in [0.717, 1.165) is 49.1 Å². The van der Waals surface area contributed by atoms with Crippen LogP contribution < -0.4 is 15.5 Å². The predicted octanol–water partition coefficient (Wildman–Crippen LogP) is 7.52. The molecular formula is C41H47F3N8O2. The Morgan fingerprint density at radius 1 is 1.06 bits per heavy atom. The molecule has 3 aromatic heterocycles. The molecule has 10 nitrogen and oxygen atoms in total. The van der Waals surface area contributed by atoms with Crippen LogP contribution in [-0.2, 0) is 10.2 Å². The molecule has 54 heavy (non-hydrogen) atoms. The Kier molecular flexibility index (Phi) is 7.81. The van der Waals surface area contributed by atoms with Crippen molar-refractivity contribution in [1.29, 1.82) is 0 Å². The maximum atomic E-state index is 15.7. The second kappa shape index (κ2) is 12.0. The van der Waals surface area contributed by atoms with Crippen LogP contribution in [0, 0.1) is 30.4 Å². The number of hydrogen-bond acceptors (Lipinski definition) is 7. The number of halogens is 3. The summed E-state index contributed by atoms with van der Waals surface area (Å²) in [6, 6.07) is 5.04. The van der Waals surface area contributed by atoms with E-state index in [1.54, 1.807) is 12.5 Å². The summed E-state index contributed by atoms with van der Waals surface area (Å²) in [5.74, 6) is -1.05. The Morgan fingerprint density at radius 3 is 2.50 bits per heavy atom. The Bertz CT molecular complexity index is 2240. The lowest BCUT2D eigenvalue weighted by Gasteiger charge is -2.55. The zero-order valence-electron chi connectivity index (χ0n) is 31.7.